The Bertz CT molecular complexity index is 469. The van der Waals surface area contributed by atoms with Gasteiger partial charge in [0.1, 0.15) is 5.82 Å². The molecule has 0 saturated carbocycles. The highest BCUT2D eigenvalue weighted by molar-refractivity contribution is 6.21. The lowest BCUT2D eigenvalue weighted by molar-refractivity contribution is 0.625. The van der Waals surface area contributed by atoms with E-state index in [1.807, 2.05) is 12.1 Å². The molecule has 2 unspecified atom stereocenters. The van der Waals surface area contributed by atoms with Gasteiger partial charge in [-0.3, -0.25) is 4.98 Å². The first-order chi connectivity index (χ1) is 8.18. The maximum Gasteiger partial charge on any atom is 0.123 e. The Labute approximate surface area is 105 Å². The molecule has 0 bridgehead atoms. The Kier molecular flexibility index (Phi) is 3.75. The van der Waals surface area contributed by atoms with Crippen molar-refractivity contribution in [3.63, 3.8) is 0 Å². The molecule has 0 radical (unpaired) electrons. The Balaban J connectivity index is 2.20. The average Bonchev–Trinajstić information content (AvgIpc) is 2.39. The van der Waals surface area contributed by atoms with Crippen LogP contribution in [-0.2, 0) is 0 Å². The summed E-state index contributed by atoms with van der Waals surface area (Å²) < 4.78 is 12.8. The molecule has 1 nitrogen and oxygen atoms in total. The number of hydrogen-bond acceptors (Lipinski definition) is 1. The van der Waals surface area contributed by atoms with Gasteiger partial charge in [-0.1, -0.05) is 19.1 Å². The summed E-state index contributed by atoms with van der Waals surface area (Å²) in [6, 6.07) is 10.2. The maximum absolute atomic E-state index is 12.8. The van der Waals surface area contributed by atoms with Crippen LogP contribution in [-0.4, -0.2) is 4.98 Å². The molecular weight excluding hydrogens is 237 g/mol. The van der Waals surface area contributed by atoms with Gasteiger partial charge in [0.15, 0.2) is 0 Å². The summed E-state index contributed by atoms with van der Waals surface area (Å²) in [6.45, 7) is 2.05. The number of rotatable bonds is 3. The van der Waals surface area contributed by atoms with E-state index in [2.05, 4.69) is 11.9 Å². The van der Waals surface area contributed by atoms with Gasteiger partial charge in [-0.05, 0) is 35.4 Å². The molecule has 2 atom stereocenters. The van der Waals surface area contributed by atoms with Crippen LogP contribution in [0.5, 0.6) is 0 Å². The fourth-order valence-corrected chi connectivity index (χ4v) is 2.06. The van der Waals surface area contributed by atoms with E-state index in [0.717, 1.165) is 11.1 Å². The van der Waals surface area contributed by atoms with Crippen LogP contribution in [0, 0.1) is 5.82 Å². The Hall–Kier alpha value is -1.41. The molecule has 0 N–H and O–H groups in total. The van der Waals surface area contributed by atoms with Gasteiger partial charge < -0.3 is 0 Å². The summed E-state index contributed by atoms with van der Waals surface area (Å²) in [6.07, 6.45) is 3.50. The molecule has 2 aromatic rings. The first-order valence-corrected chi connectivity index (χ1v) is 5.91. The van der Waals surface area contributed by atoms with Gasteiger partial charge in [0.05, 0.1) is 5.38 Å². The monoisotopic (exact) mass is 249 g/mol. The van der Waals surface area contributed by atoms with Gasteiger partial charge in [-0.25, -0.2) is 4.39 Å². The van der Waals surface area contributed by atoms with Crippen molar-refractivity contribution < 1.29 is 4.39 Å². The third-order valence-electron chi connectivity index (χ3n) is 2.86. The summed E-state index contributed by atoms with van der Waals surface area (Å²) >= 11 is 6.40. The number of pyridine rings is 1. The van der Waals surface area contributed by atoms with E-state index in [-0.39, 0.29) is 17.1 Å². The van der Waals surface area contributed by atoms with Crippen LogP contribution >= 0.6 is 11.6 Å². The van der Waals surface area contributed by atoms with Gasteiger partial charge in [0, 0.05) is 18.3 Å². The lowest BCUT2D eigenvalue weighted by atomic mass is 9.94. The molecule has 1 aromatic carbocycles. The molecule has 0 aliphatic heterocycles. The number of halogens is 2. The van der Waals surface area contributed by atoms with Gasteiger partial charge in [-0.15, -0.1) is 11.6 Å². The standard InChI is InChI=1S/C14H13ClFN/c1-10(11-6-8-17-9-7-11)14(15)12-2-4-13(16)5-3-12/h2-10,14H,1H3. The minimum Gasteiger partial charge on any atom is -0.265 e. The number of benzene rings is 1. The third-order valence-corrected chi connectivity index (χ3v) is 3.49. The Morgan fingerprint density at radius 2 is 1.59 bits per heavy atom. The zero-order valence-corrected chi connectivity index (χ0v) is 10.2. The molecule has 0 saturated heterocycles. The number of alkyl halides is 1. The van der Waals surface area contributed by atoms with Crippen molar-refractivity contribution in [2.75, 3.05) is 0 Å². The third kappa shape index (κ3) is 2.83. The van der Waals surface area contributed by atoms with Gasteiger partial charge in [0.25, 0.3) is 0 Å². The minimum atomic E-state index is -0.241. The maximum atomic E-state index is 12.8. The molecular formula is C14H13ClFN. The molecule has 17 heavy (non-hydrogen) atoms. The smallest absolute Gasteiger partial charge is 0.123 e. The van der Waals surface area contributed by atoms with Crippen molar-refractivity contribution >= 4 is 11.6 Å². The van der Waals surface area contributed by atoms with E-state index in [1.54, 1.807) is 24.5 Å². The van der Waals surface area contributed by atoms with Crippen molar-refractivity contribution in [2.24, 2.45) is 0 Å². The fourth-order valence-electron chi connectivity index (χ4n) is 1.77. The van der Waals surface area contributed by atoms with Crippen LogP contribution in [0.1, 0.15) is 29.3 Å². The van der Waals surface area contributed by atoms with Crippen LogP contribution in [0.15, 0.2) is 48.8 Å². The van der Waals surface area contributed by atoms with E-state index in [9.17, 15) is 4.39 Å². The zero-order valence-electron chi connectivity index (χ0n) is 9.48. The predicted molar refractivity (Wildman–Crippen MR) is 67.6 cm³/mol. The quantitative estimate of drug-likeness (QED) is 0.739. The second-order valence-corrected chi connectivity index (χ2v) is 4.49. The topological polar surface area (TPSA) is 12.9 Å². The lowest BCUT2D eigenvalue weighted by Gasteiger charge is -2.18. The van der Waals surface area contributed by atoms with Crippen molar-refractivity contribution in [1.82, 2.24) is 4.98 Å². The summed E-state index contributed by atoms with van der Waals surface area (Å²) in [7, 11) is 0. The SMILES string of the molecule is CC(c1ccncc1)C(Cl)c1ccc(F)cc1. The van der Waals surface area contributed by atoms with E-state index < -0.39 is 0 Å². The van der Waals surface area contributed by atoms with Gasteiger partial charge in [0.2, 0.25) is 0 Å². The van der Waals surface area contributed by atoms with Crippen molar-refractivity contribution in [2.45, 2.75) is 18.2 Å². The lowest BCUT2D eigenvalue weighted by Crippen LogP contribution is -2.02. The summed E-state index contributed by atoms with van der Waals surface area (Å²) in [5, 5.41) is -0.169. The summed E-state index contributed by atoms with van der Waals surface area (Å²) in [5.41, 5.74) is 2.06. The molecule has 88 valence electrons. The highest BCUT2D eigenvalue weighted by Crippen LogP contribution is 2.35. The highest BCUT2D eigenvalue weighted by Gasteiger charge is 2.18. The average molecular weight is 250 g/mol. The number of hydrogen-bond donors (Lipinski definition) is 0. The predicted octanol–water partition coefficient (Wildman–Crippen LogP) is 4.30. The van der Waals surface area contributed by atoms with Crippen LogP contribution in [0.3, 0.4) is 0 Å². The molecule has 1 heterocycles. The molecule has 0 spiro atoms. The number of nitrogens with zero attached hydrogens (tertiary/aromatic N) is 1. The Morgan fingerprint density at radius 3 is 2.18 bits per heavy atom. The molecule has 0 amide bonds. The molecule has 0 aliphatic carbocycles. The summed E-state index contributed by atoms with van der Waals surface area (Å²) in [5.74, 6) is -0.0840. The van der Waals surface area contributed by atoms with Gasteiger partial charge >= 0.3 is 0 Å². The largest absolute Gasteiger partial charge is 0.265 e. The first-order valence-electron chi connectivity index (χ1n) is 5.48. The molecule has 2 rings (SSSR count). The second kappa shape index (κ2) is 5.28. The van der Waals surface area contributed by atoms with E-state index in [0.29, 0.717) is 0 Å². The van der Waals surface area contributed by atoms with Gasteiger partial charge in [-0.2, -0.15) is 0 Å². The molecule has 3 heteroatoms. The van der Waals surface area contributed by atoms with Crippen molar-refractivity contribution in [3.05, 3.63) is 65.7 Å². The van der Waals surface area contributed by atoms with E-state index >= 15 is 0 Å². The van der Waals surface area contributed by atoms with Crippen LogP contribution in [0.4, 0.5) is 4.39 Å². The summed E-state index contributed by atoms with van der Waals surface area (Å²) in [4.78, 5) is 3.98. The molecule has 1 aromatic heterocycles. The highest BCUT2D eigenvalue weighted by atomic mass is 35.5. The van der Waals surface area contributed by atoms with Crippen LogP contribution in [0.25, 0.3) is 0 Å². The second-order valence-electron chi connectivity index (χ2n) is 4.02. The first kappa shape index (κ1) is 12.1. The molecule has 0 fully saturated rings. The number of aromatic nitrogens is 1. The van der Waals surface area contributed by atoms with Crippen molar-refractivity contribution in [1.29, 1.82) is 0 Å². The minimum absolute atomic E-state index is 0.158. The normalized spacial score (nSPS) is 14.3. The zero-order chi connectivity index (χ0) is 12.3. The van der Waals surface area contributed by atoms with Crippen LogP contribution < -0.4 is 0 Å². The van der Waals surface area contributed by atoms with E-state index in [1.165, 1.54) is 12.1 Å². The van der Waals surface area contributed by atoms with Crippen LogP contribution in [0.2, 0.25) is 0 Å². The Morgan fingerprint density at radius 1 is 1.00 bits per heavy atom. The molecule has 0 aliphatic rings. The van der Waals surface area contributed by atoms with E-state index in [4.69, 9.17) is 11.6 Å². The fraction of sp³-hybridized carbons (Fsp3) is 0.214. The van der Waals surface area contributed by atoms with Crippen molar-refractivity contribution in [3.8, 4) is 0 Å².